The number of aromatic nitrogens is 3. The van der Waals surface area contributed by atoms with Crippen LogP contribution in [0.25, 0.3) is 33.3 Å². The second kappa shape index (κ2) is 6.08. The smallest absolute Gasteiger partial charge is 0.143 e. The SMILES string of the molecule is CCCc1ccc2cccc(-c3nc4ccccc4n3CC)c2n1. The van der Waals surface area contributed by atoms with Crippen molar-refractivity contribution in [3.8, 4) is 11.4 Å². The summed E-state index contributed by atoms with van der Waals surface area (Å²) in [5.41, 5.74) is 5.53. The van der Waals surface area contributed by atoms with E-state index in [-0.39, 0.29) is 0 Å². The molecular formula is C21H21N3. The highest BCUT2D eigenvalue weighted by molar-refractivity contribution is 5.94. The molecule has 0 aliphatic heterocycles. The van der Waals surface area contributed by atoms with E-state index in [1.165, 1.54) is 10.9 Å². The number of hydrogen-bond donors (Lipinski definition) is 0. The summed E-state index contributed by atoms with van der Waals surface area (Å²) in [7, 11) is 0. The van der Waals surface area contributed by atoms with E-state index in [0.29, 0.717) is 0 Å². The minimum atomic E-state index is 0.890. The molecular weight excluding hydrogens is 294 g/mol. The lowest BCUT2D eigenvalue weighted by Gasteiger charge is -2.10. The third-order valence-electron chi connectivity index (χ3n) is 4.50. The van der Waals surface area contributed by atoms with Crippen molar-refractivity contribution in [2.45, 2.75) is 33.2 Å². The largest absolute Gasteiger partial charge is 0.324 e. The van der Waals surface area contributed by atoms with Gasteiger partial charge in [0.15, 0.2) is 0 Å². The number of hydrogen-bond acceptors (Lipinski definition) is 2. The summed E-state index contributed by atoms with van der Waals surface area (Å²) in [6.45, 7) is 5.24. The molecule has 0 saturated carbocycles. The predicted octanol–water partition coefficient (Wildman–Crippen LogP) is 5.22. The van der Waals surface area contributed by atoms with Crippen LogP contribution in [0.4, 0.5) is 0 Å². The van der Waals surface area contributed by atoms with Gasteiger partial charge in [-0.1, -0.05) is 43.7 Å². The van der Waals surface area contributed by atoms with E-state index in [2.05, 4.69) is 66.9 Å². The third-order valence-corrected chi connectivity index (χ3v) is 4.50. The van der Waals surface area contributed by atoms with Gasteiger partial charge in [0.2, 0.25) is 0 Å². The van der Waals surface area contributed by atoms with Crippen molar-refractivity contribution >= 4 is 21.9 Å². The fourth-order valence-corrected chi connectivity index (χ4v) is 3.36. The molecule has 0 aliphatic carbocycles. The van der Waals surface area contributed by atoms with E-state index in [1.54, 1.807) is 0 Å². The second-order valence-electron chi connectivity index (χ2n) is 6.10. The van der Waals surface area contributed by atoms with Crippen LogP contribution in [0.1, 0.15) is 26.0 Å². The Labute approximate surface area is 142 Å². The number of rotatable bonds is 4. The quantitative estimate of drug-likeness (QED) is 0.516. The summed E-state index contributed by atoms with van der Waals surface area (Å²) in [6.07, 6.45) is 2.11. The van der Waals surface area contributed by atoms with E-state index in [9.17, 15) is 0 Å². The summed E-state index contributed by atoms with van der Waals surface area (Å²) >= 11 is 0. The van der Waals surface area contributed by atoms with Gasteiger partial charge in [-0.05, 0) is 37.6 Å². The third kappa shape index (κ3) is 2.37. The van der Waals surface area contributed by atoms with Crippen molar-refractivity contribution < 1.29 is 0 Å². The molecule has 0 amide bonds. The fourth-order valence-electron chi connectivity index (χ4n) is 3.36. The van der Waals surface area contributed by atoms with Gasteiger partial charge in [0.05, 0.1) is 16.6 Å². The maximum absolute atomic E-state index is 4.93. The highest BCUT2D eigenvalue weighted by Crippen LogP contribution is 2.30. The van der Waals surface area contributed by atoms with Gasteiger partial charge in [-0.2, -0.15) is 0 Å². The van der Waals surface area contributed by atoms with E-state index in [1.807, 2.05) is 6.07 Å². The van der Waals surface area contributed by atoms with Gasteiger partial charge in [-0.25, -0.2) is 4.98 Å². The van der Waals surface area contributed by atoms with Crippen molar-refractivity contribution in [3.63, 3.8) is 0 Å². The number of benzene rings is 2. The normalized spacial score (nSPS) is 11.4. The molecule has 4 aromatic rings. The molecule has 2 aromatic heterocycles. The standard InChI is InChI=1S/C21H21N3/c1-3-8-16-14-13-15-9-7-10-17(20(15)22-16)21-23-18-11-5-6-12-19(18)24(21)4-2/h5-7,9-14H,3-4,8H2,1-2H3. The average Bonchev–Trinajstić information content (AvgIpc) is 3.00. The van der Waals surface area contributed by atoms with Crippen LogP contribution in [0, 0.1) is 0 Å². The Balaban J connectivity index is 2.01. The zero-order valence-electron chi connectivity index (χ0n) is 14.2. The molecule has 0 saturated heterocycles. The molecule has 0 spiro atoms. The first-order valence-corrected chi connectivity index (χ1v) is 8.66. The number of para-hydroxylation sites is 3. The lowest BCUT2D eigenvalue weighted by Crippen LogP contribution is -1.99. The van der Waals surface area contributed by atoms with Gasteiger partial charge in [-0.3, -0.25) is 4.98 Å². The molecule has 3 nitrogen and oxygen atoms in total. The topological polar surface area (TPSA) is 30.7 Å². The minimum absolute atomic E-state index is 0.890. The zero-order chi connectivity index (χ0) is 16.5. The summed E-state index contributed by atoms with van der Waals surface area (Å²) in [5, 5.41) is 1.17. The molecule has 3 heteroatoms. The van der Waals surface area contributed by atoms with Crippen molar-refractivity contribution in [1.29, 1.82) is 0 Å². The maximum atomic E-state index is 4.93. The number of fused-ring (bicyclic) bond motifs is 2. The molecule has 0 bridgehead atoms. The first kappa shape index (κ1) is 14.9. The molecule has 0 unspecified atom stereocenters. The zero-order valence-corrected chi connectivity index (χ0v) is 14.2. The van der Waals surface area contributed by atoms with Gasteiger partial charge in [0, 0.05) is 23.2 Å². The first-order valence-electron chi connectivity index (χ1n) is 8.66. The monoisotopic (exact) mass is 315 g/mol. The highest BCUT2D eigenvalue weighted by atomic mass is 15.1. The average molecular weight is 315 g/mol. The number of aryl methyl sites for hydroxylation is 2. The fraction of sp³-hybridized carbons (Fsp3) is 0.238. The molecule has 2 heterocycles. The highest BCUT2D eigenvalue weighted by Gasteiger charge is 2.14. The lowest BCUT2D eigenvalue weighted by molar-refractivity contribution is 0.796. The van der Waals surface area contributed by atoms with Crippen LogP contribution in [-0.4, -0.2) is 14.5 Å². The van der Waals surface area contributed by atoms with Gasteiger partial charge in [0.1, 0.15) is 5.82 Å². The Bertz CT molecular complexity index is 1010. The van der Waals surface area contributed by atoms with Crippen molar-refractivity contribution in [1.82, 2.24) is 14.5 Å². The molecule has 0 atom stereocenters. The lowest BCUT2D eigenvalue weighted by atomic mass is 10.1. The molecule has 4 rings (SSSR count). The van der Waals surface area contributed by atoms with Gasteiger partial charge in [-0.15, -0.1) is 0 Å². The summed E-state index contributed by atoms with van der Waals surface area (Å²) < 4.78 is 2.28. The van der Waals surface area contributed by atoms with Crippen LogP contribution in [0.2, 0.25) is 0 Å². The Morgan fingerprint density at radius 3 is 2.58 bits per heavy atom. The molecule has 0 fully saturated rings. The van der Waals surface area contributed by atoms with Crippen LogP contribution >= 0.6 is 0 Å². The van der Waals surface area contributed by atoms with Crippen LogP contribution in [-0.2, 0) is 13.0 Å². The number of pyridine rings is 1. The van der Waals surface area contributed by atoms with Crippen molar-refractivity contribution in [2.75, 3.05) is 0 Å². The Hall–Kier alpha value is -2.68. The van der Waals surface area contributed by atoms with Crippen molar-refractivity contribution in [2.24, 2.45) is 0 Å². The van der Waals surface area contributed by atoms with Crippen LogP contribution in [0.5, 0.6) is 0 Å². The number of nitrogens with zero attached hydrogens (tertiary/aromatic N) is 3. The van der Waals surface area contributed by atoms with Crippen LogP contribution in [0.15, 0.2) is 54.6 Å². The van der Waals surface area contributed by atoms with Gasteiger partial charge >= 0.3 is 0 Å². The van der Waals surface area contributed by atoms with E-state index >= 15 is 0 Å². The summed E-state index contributed by atoms with van der Waals surface area (Å²) in [6, 6.07) is 19.0. The Morgan fingerprint density at radius 2 is 1.75 bits per heavy atom. The molecule has 120 valence electrons. The van der Waals surface area contributed by atoms with E-state index < -0.39 is 0 Å². The molecule has 0 aliphatic rings. The van der Waals surface area contributed by atoms with Gasteiger partial charge < -0.3 is 4.57 Å². The molecule has 24 heavy (non-hydrogen) atoms. The Morgan fingerprint density at radius 1 is 0.875 bits per heavy atom. The predicted molar refractivity (Wildman–Crippen MR) is 100 cm³/mol. The molecule has 0 radical (unpaired) electrons. The Kier molecular flexibility index (Phi) is 3.77. The summed E-state index contributed by atoms with van der Waals surface area (Å²) in [5.74, 6) is 1.01. The van der Waals surface area contributed by atoms with Crippen molar-refractivity contribution in [3.05, 3.63) is 60.3 Å². The maximum Gasteiger partial charge on any atom is 0.143 e. The van der Waals surface area contributed by atoms with E-state index in [0.717, 1.165) is 47.5 Å². The first-order chi connectivity index (χ1) is 11.8. The van der Waals surface area contributed by atoms with Crippen LogP contribution < -0.4 is 0 Å². The van der Waals surface area contributed by atoms with Gasteiger partial charge in [0.25, 0.3) is 0 Å². The number of imidazole rings is 1. The van der Waals surface area contributed by atoms with E-state index in [4.69, 9.17) is 9.97 Å². The molecule has 2 aromatic carbocycles. The molecule has 0 N–H and O–H groups in total. The minimum Gasteiger partial charge on any atom is -0.324 e. The summed E-state index contributed by atoms with van der Waals surface area (Å²) in [4.78, 5) is 9.84. The van der Waals surface area contributed by atoms with Crippen LogP contribution in [0.3, 0.4) is 0 Å². The second-order valence-corrected chi connectivity index (χ2v) is 6.10.